The van der Waals surface area contributed by atoms with Gasteiger partial charge >= 0.3 is 6.03 Å². The Labute approximate surface area is 190 Å². The summed E-state index contributed by atoms with van der Waals surface area (Å²) in [5.41, 5.74) is 0.904. The number of carbonyl (C=O) groups is 3. The lowest BCUT2D eigenvalue weighted by Crippen LogP contribution is -2.62. The van der Waals surface area contributed by atoms with Crippen molar-refractivity contribution >= 4 is 17.8 Å². The summed E-state index contributed by atoms with van der Waals surface area (Å²) in [6, 6.07) is 6.59. The van der Waals surface area contributed by atoms with Crippen molar-refractivity contribution in [1.29, 1.82) is 0 Å². The van der Waals surface area contributed by atoms with Crippen LogP contribution in [-0.2, 0) is 16.0 Å². The van der Waals surface area contributed by atoms with Gasteiger partial charge in [0.1, 0.15) is 11.8 Å². The van der Waals surface area contributed by atoms with Crippen LogP contribution in [0.5, 0.6) is 5.75 Å². The zero-order chi connectivity index (χ0) is 23.5. The van der Waals surface area contributed by atoms with Crippen molar-refractivity contribution in [3.63, 3.8) is 0 Å². The average molecular weight is 445 g/mol. The van der Waals surface area contributed by atoms with Gasteiger partial charge in [-0.2, -0.15) is 0 Å². The van der Waals surface area contributed by atoms with Gasteiger partial charge in [-0.1, -0.05) is 12.1 Å². The molecule has 2 fully saturated rings. The molecule has 4 amide bonds. The lowest BCUT2D eigenvalue weighted by Gasteiger charge is -2.46. The second kappa shape index (κ2) is 9.48. The molecule has 176 valence electrons. The number of benzene rings is 1. The van der Waals surface area contributed by atoms with Gasteiger partial charge < -0.3 is 20.7 Å². The maximum absolute atomic E-state index is 12.7. The minimum atomic E-state index is -0.648. The predicted octanol–water partition coefficient (Wildman–Crippen LogP) is 2.36. The van der Waals surface area contributed by atoms with Gasteiger partial charge in [-0.25, -0.2) is 4.79 Å². The second-order valence-corrected chi connectivity index (χ2v) is 10.2. The van der Waals surface area contributed by atoms with E-state index in [1.54, 1.807) is 7.11 Å². The third-order valence-corrected chi connectivity index (χ3v) is 6.11. The standard InChI is InChI=1S/C24H36N4O4/c1-23(2)14-17(15-24(3,4)27-23)25-20(29)11-10-19-21(30)28(22(31)26-19)13-12-16-6-8-18(32-5)9-7-16/h6-9,17,19,27H,10-15H2,1-5H3,(H,25,29)(H,26,31)/t19-/m1/s1. The highest BCUT2D eigenvalue weighted by molar-refractivity contribution is 6.04. The fourth-order valence-corrected chi connectivity index (χ4v) is 5.02. The Morgan fingerprint density at radius 3 is 2.34 bits per heavy atom. The average Bonchev–Trinajstić information content (AvgIpc) is 2.95. The van der Waals surface area contributed by atoms with E-state index in [9.17, 15) is 14.4 Å². The van der Waals surface area contributed by atoms with Crippen LogP contribution in [0, 0.1) is 0 Å². The minimum absolute atomic E-state index is 0.0561. The van der Waals surface area contributed by atoms with Crippen LogP contribution in [0.3, 0.4) is 0 Å². The number of rotatable bonds is 8. The summed E-state index contributed by atoms with van der Waals surface area (Å²) in [6.45, 7) is 8.86. The van der Waals surface area contributed by atoms with Crippen molar-refractivity contribution < 1.29 is 19.1 Å². The molecule has 0 radical (unpaired) electrons. The largest absolute Gasteiger partial charge is 0.497 e. The maximum atomic E-state index is 12.7. The van der Waals surface area contributed by atoms with Crippen LogP contribution in [0.25, 0.3) is 0 Å². The molecular weight excluding hydrogens is 408 g/mol. The van der Waals surface area contributed by atoms with Gasteiger partial charge in [0.15, 0.2) is 0 Å². The molecule has 0 bridgehead atoms. The zero-order valence-corrected chi connectivity index (χ0v) is 19.8. The number of hydrogen-bond donors (Lipinski definition) is 3. The number of carbonyl (C=O) groups excluding carboxylic acids is 3. The topological polar surface area (TPSA) is 99.8 Å². The SMILES string of the molecule is COc1ccc(CCN2C(=O)N[C@H](CCC(=O)NC3CC(C)(C)NC(C)(C)C3)C2=O)cc1. The number of nitrogens with zero attached hydrogens (tertiary/aromatic N) is 1. The quantitative estimate of drug-likeness (QED) is 0.535. The first kappa shape index (κ1) is 24.0. The van der Waals surface area contributed by atoms with Gasteiger partial charge in [0.2, 0.25) is 5.91 Å². The number of ether oxygens (including phenoxy) is 1. The Morgan fingerprint density at radius 2 is 1.75 bits per heavy atom. The van der Waals surface area contributed by atoms with Crippen LogP contribution in [-0.4, -0.2) is 59.6 Å². The highest BCUT2D eigenvalue weighted by Gasteiger charge is 2.39. The first-order valence-electron chi connectivity index (χ1n) is 11.3. The van der Waals surface area contributed by atoms with E-state index < -0.39 is 12.1 Å². The maximum Gasteiger partial charge on any atom is 0.324 e. The number of nitrogens with one attached hydrogen (secondary N) is 3. The van der Waals surface area contributed by atoms with E-state index in [1.165, 1.54) is 4.90 Å². The fraction of sp³-hybridized carbons (Fsp3) is 0.625. The number of methoxy groups -OCH3 is 1. The molecule has 1 atom stereocenters. The molecule has 0 aromatic heterocycles. The molecule has 3 N–H and O–H groups in total. The molecule has 0 unspecified atom stereocenters. The summed E-state index contributed by atoms with van der Waals surface area (Å²) < 4.78 is 5.15. The van der Waals surface area contributed by atoms with Gasteiger partial charge in [0.05, 0.1) is 7.11 Å². The first-order chi connectivity index (χ1) is 15.0. The highest BCUT2D eigenvalue weighted by Crippen LogP contribution is 2.28. The molecule has 0 saturated carbocycles. The molecule has 0 spiro atoms. The summed E-state index contributed by atoms with van der Waals surface area (Å²) in [4.78, 5) is 38.8. The van der Waals surface area contributed by atoms with Gasteiger partial charge in [0, 0.05) is 30.1 Å². The molecule has 2 aliphatic heterocycles. The lowest BCUT2D eigenvalue weighted by molar-refractivity contribution is -0.127. The molecule has 1 aromatic carbocycles. The molecule has 2 saturated heterocycles. The molecule has 0 aliphatic carbocycles. The van der Waals surface area contributed by atoms with Crippen molar-refractivity contribution in [1.82, 2.24) is 20.9 Å². The summed E-state index contributed by atoms with van der Waals surface area (Å²) in [7, 11) is 1.61. The third-order valence-electron chi connectivity index (χ3n) is 6.11. The van der Waals surface area contributed by atoms with Crippen LogP contribution < -0.4 is 20.7 Å². The van der Waals surface area contributed by atoms with E-state index in [1.807, 2.05) is 24.3 Å². The number of amides is 4. The molecule has 8 nitrogen and oxygen atoms in total. The number of piperidine rings is 1. The molecule has 1 aromatic rings. The van der Waals surface area contributed by atoms with E-state index in [0.29, 0.717) is 19.4 Å². The Bertz CT molecular complexity index is 834. The van der Waals surface area contributed by atoms with E-state index in [-0.39, 0.29) is 35.4 Å². The molecular formula is C24H36N4O4. The van der Waals surface area contributed by atoms with Crippen LogP contribution >= 0.6 is 0 Å². The Kier molecular flexibility index (Phi) is 7.12. The summed E-state index contributed by atoms with van der Waals surface area (Å²) in [6.07, 6.45) is 2.76. The van der Waals surface area contributed by atoms with E-state index in [0.717, 1.165) is 24.2 Å². The summed E-state index contributed by atoms with van der Waals surface area (Å²) >= 11 is 0. The number of urea groups is 1. The number of hydrogen-bond acceptors (Lipinski definition) is 5. The van der Waals surface area contributed by atoms with Crippen molar-refractivity contribution in [3.05, 3.63) is 29.8 Å². The van der Waals surface area contributed by atoms with Gasteiger partial charge in [-0.05, 0) is 71.1 Å². The Balaban J connectivity index is 1.46. The monoisotopic (exact) mass is 444 g/mol. The summed E-state index contributed by atoms with van der Waals surface area (Å²) in [5, 5.41) is 9.44. The normalized spacial score (nSPS) is 22.5. The fourth-order valence-electron chi connectivity index (χ4n) is 5.02. The second-order valence-electron chi connectivity index (χ2n) is 10.2. The molecule has 3 rings (SSSR count). The van der Waals surface area contributed by atoms with E-state index in [2.05, 4.69) is 43.6 Å². The van der Waals surface area contributed by atoms with Crippen molar-refractivity contribution in [2.75, 3.05) is 13.7 Å². The van der Waals surface area contributed by atoms with Crippen LogP contribution in [0.2, 0.25) is 0 Å². The van der Waals surface area contributed by atoms with Crippen molar-refractivity contribution in [3.8, 4) is 5.75 Å². The van der Waals surface area contributed by atoms with Crippen LogP contribution in [0.1, 0.15) is 58.9 Å². The number of imide groups is 1. The Morgan fingerprint density at radius 1 is 1.12 bits per heavy atom. The van der Waals surface area contributed by atoms with Crippen LogP contribution in [0.4, 0.5) is 4.79 Å². The third kappa shape index (κ3) is 6.22. The van der Waals surface area contributed by atoms with Gasteiger partial charge in [-0.15, -0.1) is 0 Å². The van der Waals surface area contributed by atoms with Crippen molar-refractivity contribution in [2.45, 2.75) is 83.0 Å². The molecule has 32 heavy (non-hydrogen) atoms. The van der Waals surface area contributed by atoms with Gasteiger partial charge in [0.25, 0.3) is 5.91 Å². The first-order valence-corrected chi connectivity index (χ1v) is 11.3. The van der Waals surface area contributed by atoms with Crippen LogP contribution in [0.15, 0.2) is 24.3 Å². The smallest absolute Gasteiger partial charge is 0.324 e. The van der Waals surface area contributed by atoms with Gasteiger partial charge in [-0.3, -0.25) is 14.5 Å². The van der Waals surface area contributed by atoms with Crippen molar-refractivity contribution in [2.24, 2.45) is 0 Å². The van der Waals surface area contributed by atoms with E-state index in [4.69, 9.17) is 4.74 Å². The zero-order valence-electron chi connectivity index (χ0n) is 19.8. The highest BCUT2D eigenvalue weighted by atomic mass is 16.5. The Hall–Kier alpha value is -2.61. The predicted molar refractivity (Wildman–Crippen MR) is 122 cm³/mol. The summed E-state index contributed by atoms with van der Waals surface area (Å²) in [5.74, 6) is 0.418. The molecule has 2 heterocycles. The molecule has 8 heteroatoms. The molecule has 2 aliphatic rings. The van der Waals surface area contributed by atoms with E-state index >= 15 is 0 Å². The lowest BCUT2D eigenvalue weighted by atomic mass is 9.79. The minimum Gasteiger partial charge on any atom is -0.497 e.